The van der Waals surface area contributed by atoms with Gasteiger partial charge in [0, 0.05) is 35.8 Å². The van der Waals surface area contributed by atoms with Gasteiger partial charge in [-0.3, -0.25) is 9.59 Å². The van der Waals surface area contributed by atoms with E-state index in [-0.39, 0.29) is 17.7 Å². The summed E-state index contributed by atoms with van der Waals surface area (Å²) in [5.74, 6) is -0.239. The van der Waals surface area contributed by atoms with Crippen LogP contribution in [0.25, 0.3) is 0 Å². The van der Waals surface area contributed by atoms with Gasteiger partial charge in [0.15, 0.2) is 0 Å². The number of carbonyl (C=O) groups excluding carboxylic acids is 2. The third-order valence-corrected chi connectivity index (χ3v) is 6.76. The maximum Gasteiger partial charge on any atom is 0.253 e. The molecule has 2 N–H and O–H groups in total. The molecule has 0 unspecified atom stereocenters. The molecule has 2 heterocycles. The molecule has 0 saturated carbocycles. The normalized spacial score (nSPS) is 20.9. The van der Waals surface area contributed by atoms with E-state index in [1.54, 1.807) is 29.2 Å². The van der Waals surface area contributed by atoms with Crippen molar-refractivity contribution in [3.63, 3.8) is 0 Å². The number of halogens is 1. The first-order chi connectivity index (χ1) is 15.5. The van der Waals surface area contributed by atoms with Crippen LogP contribution in [0.4, 0.5) is 0 Å². The van der Waals surface area contributed by atoms with Gasteiger partial charge in [0.25, 0.3) is 5.91 Å². The van der Waals surface area contributed by atoms with E-state index in [0.29, 0.717) is 36.0 Å². The summed E-state index contributed by atoms with van der Waals surface area (Å²) in [6, 6.07) is 9.72. The minimum Gasteiger partial charge on any atom is -0.481 e. The largest absolute Gasteiger partial charge is 0.481 e. The van der Waals surface area contributed by atoms with Gasteiger partial charge in [0.2, 0.25) is 11.8 Å². The van der Waals surface area contributed by atoms with Crippen molar-refractivity contribution in [1.82, 2.24) is 15.2 Å². The molecule has 2 amide bonds. The Labute approximate surface area is 200 Å². The number of carbonyl (C=O) groups is 2. The second-order valence-corrected chi connectivity index (χ2v) is 9.98. The molecule has 1 aromatic heterocycles. The highest BCUT2D eigenvalue weighted by molar-refractivity contribution is 6.30. The van der Waals surface area contributed by atoms with Crippen molar-refractivity contribution in [2.24, 2.45) is 11.3 Å². The van der Waals surface area contributed by atoms with Crippen molar-refractivity contribution < 1.29 is 19.4 Å². The number of piperidine rings is 1. The number of hydrogen-bond donors (Lipinski definition) is 2. The summed E-state index contributed by atoms with van der Waals surface area (Å²) in [4.78, 5) is 32.0. The lowest BCUT2D eigenvalue weighted by atomic mass is 9.66. The fourth-order valence-corrected chi connectivity index (χ4v) is 4.47. The summed E-state index contributed by atoms with van der Waals surface area (Å²) in [6.45, 7) is 8.43. The Kier molecular flexibility index (Phi) is 7.34. The van der Waals surface area contributed by atoms with E-state index in [4.69, 9.17) is 16.3 Å². The van der Waals surface area contributed by atoms with Crippen LogP contribution in [-0.4, -0.2) is 53.0 Å². The van der Waals surface area contributed by atoms with Crippen LogP contribution in [0.15, 0.2) is 42.6 Å². The first-order valence-electron chi connectivity index (χ1n) is 11.1. The number of hydrogen-bond acceptors (Lipinski definition) is 5. The monoisotopic (exact) mass is 473 g/mol. The van der Waals surface area contributed by atoms with Crippen LogP contribution in [0.5, 0.6) is 5.88 Å². The van der Waals surface area contributed by atoms with Crippen molar-refractivity contribution in [3.8, 4) is 5.88 Å². The number of likely N-dealkylation sites (tertiary alicyclic amines) is 1. The van der Waals surface area contributed by atoms with Crippen LogP contribution >= 0.6 is 11.6 Å². The van der Waals surface area contributed by atoms with Crippen LogP contribution in [-0.2, 0) is 10.4 Å². The summed E-state index contributed by atoms with van der Waals surface area (Å²) in [7, 11) is 1.50. The molecule has 3 rings (SSSR count). The lowest BCUT2D eigenvalue weighted by molar-refractivity contribution is -0.155. The molecule has 1 fully saturated rings. The summed E-state index contributed by atoms with van der Waals surface area (Å²) in [5.41, 5.74) is -0.574. The topological polar surface area (TPSA) is 91.8 Å². The number of pyridine rings is 1. The number of ether oxygens (including phenoxy) is 1. The number of benzene rings is 1. The SMILES string of the molecule is COc1ccc(C(=O)N[C@@H](C(=O)N2CC[C@](O)(c3ccc(Cl)cc3)C(C)(C)C2)C(C)C)cn1. The maximum absolute atomic E-state index is 13.5. The van der Waals surface area contributed by atoms with E-state index in [1.807, 2.05) is 39.8 Å². The van der Waals surface area contributed by atoms with Gasteiger partial charge in [-0.25, -0.2) is 4.98 Å². The van der Waals surface area contributed by atoms with Crippen molar-refractivity contribution in [2.75, 3.05) is 20.2 Å². The predicted molar refractivity (Wildman–Crippen MR) is 127 cm³/mol. The molecule has 7 nitrogen and oxygen atoms in total. The summed E-state index contributed by atoms with van der Waals surface area (Å²) < 4.78 is 5.03. The molecule has 0 aliphatic carbocycles. The van der Waals surface area contributed by atoms with E-state index >= 15 is 0 Å². The van der Waals surface area contributed by atoms with Crippen molar-refractivity contribution >= 4 is 23.4 Å². The van der Waals surface area contributed by atoms with Gasteiger partial charge >= 0.3 is 0 Å². The van der Waals surface area contributed by atoms with Gasteiger partial charge in [0.05, 0.1) is 18.3 Å². The fourth-order valence-electron chi connectivity index (χ4n) is 4.34. The van der Waals surface area contributed by atoms with Gasteiger partial charge in [-0.15, -0.1) is 0 Å². The molecule has 0 spiro atoms. The van der Waals surface area contributed by atoms with Gasteiger partial charge in [-0.2, -0.15) is 0 Å². The number of aromatic nitrogens is 1. The number of nitrogens with one attached hydrogen (secondary N) is 1. The molecule has 1 aliphatic heterocycles. The Morgan fingerprint density at radius 3 is 2.36 bits per heavy atom. The summed E-state index contributed by atoms with van der Waals surface area (Å²) in [6.07, 6.45) is 1.81. The number of methoxy groups -OCH3 is 1. The minimum atomic E-state index is -1.10. The molecule has 33 heavy (non-hydrogen) atoms. The molecule has 178 valence electrons. The maximum atomic E-state index is 13.5. The highest BCUT2D eigenvalue weighted by Gasteiger charge is 2.50. The zero-order chi connectivity index (χ0) is 24.4. The first-order valence-corrected chi connectivity index (χ1v) is 11.4. The average Bonchev–Trinajstić information content (AvgIpc) is 2.78. The molecule has 0 bridgehead atoms. The quantitative estimate of drug-likeness (QED) is 0.668. The van der Waals surface area contributed by atoms with E-state index in [1.165, 1.54) is 13.3 Å². The highest BCUT2D eigenvalue weighted by Crippen LogP contribution is 2.46. The molecule has 0 radical (unpaired) electrons. The van der Waals surface area contributed by atoms with Crippen molar-refractivity contribution in [1.29, 1.82) is 0 Å². The number of amides is 2. The Hall–Kier alpha value is -2.64. The molecular weight excluding hydrogens is 442 g/mol. The van der Waals surface area contributed by atoms with E-state index < -0.39 is 17.1 Å². The third-order valence-electron chi connectivity index (χ3n) is 6.51. The second kappa shape index (κ2) is 9.69. The average molecular weight is 474 g/mol. The Balaban J connectivity index is 1.75. The third kappa shape index (κ3) is 5.14. The number of rotatable bonds is 6. The minimum absolute atomic E-state index is 0.118. The summed E-state index contributed by atoms with van der Waals surface area (Å²) >= 11 is 6.02. The van der Waals surface area contributed by atoms with Crippen LogP contribution in [0, 0.1) is 11.3 Å². The van der Waals surface area contributed by atoms with E-state index in [9.17, 15) is 14.7 Å². The molecule has 2 atom stereocenters. The Morgan fingerprint density at radius 2 is 1.85 bits per heavy atom. The molecule has 1 aliphatic rings. The highest BCUT2D eigenvalue weighted by atomic mass is 35.5. The molecule has 8 heteroatoms. The van der Waals surface area contributed by atoms with Gasteiger partial charge in [-0.05, 0) is 36.1 Å². The Bertz CT molecular complexity index is 992. The van der Waals surface area contributed by atoms with Crippen molar-refractivity contribution in [3.05, 3.63) is 58.7 Å². The molecule has 1 saturated heterocycles. The lowest BCUT2D eigenvalue weighted by Gasteiger charge is -2.51. The zero-order valence-electron chi connectivity index (χ0n) is 19.8. The smallest absolute Gasteiger partial charge is 0.253 e. The van der Waals surface area contributed by atoms with Crippen LogP contribution in [0.2, 0.25) is 5.02 Å². The van der Waals surface area contributed by atoms with Gasteiger partial charge < -0.3 is 20.1 Å². The second-order valence-electron chi connectivity index (χ2n) is 9.55. The first kappa shape index (κ1) is 25.0. The Morgan fingerprint density at radius 1 is 1.18 bits per heavy atom. The fraction of sp³-hybridized carbons (Fsp3) is 0.480. The van der Waals surface area contributed by atoms with Crippen LogP contribution < -0.4 is 10.1 Å². The molecule has 2 aromatic rings. The summed E-state index contributed by atoms with van der Waals surface area (Å²) in [5, 5.41) is 15.0. The van der Waals surface area contributed by atoms with E-state index in [0.717, 1.165) is 5.56 Å². The van der Waals surface area contributed by atoms with E-state index in [2.05, 4.69) is 10.3 Å². The van der Waals surface area contributed by atoms with Crippen molar-refractivity contribution in [2.45, 2.75) is 45.8 Å². The zero-order valence-corrected chi connectivity index (χ0v) is 20.5. The standard InChI is InChI=1S/C25H32ClN3O4/c1-16(2)21(28-22(30)17-6-11-20(33-5)27-14-17)23(31)29-13-12-25(32,24(3,4)15-29)18-7-9-19(26)10-8-18/h6-11,14,16,21,32H,12-13,15H2,1-5H3,(H,28,30)/t21-,25+/m1/s1. The predicted octanol–water partition coefficient (Wildman–Crippen LogP) is 3.64. The van der Waals surface area contributed by atoms with Gasteiger partial charge in [0.1, 0.15) is 6.04 Å². The van der Waals surface area contributed by atoms with Crippen LogP contribution in [0.3, 0.4) is 0 Å². The van der Waals surface area contributed by atoms with Crippen LogP contribution in [0.1, 0.15) is 50.0 Å². The molecular formula is C25H32ClN3O4. The lowest BCUT2D eigenvalue weighted by Crippen LogP contribution is -2.60. The molecule has 1 aromatic carbocycles. The van der Waals surface area contributed by atoms with Gasteiger partial charge in [-0.1, -0.05) is 51.4 Å². The number of aliphatic hydroxyl groups is 1. The number of nitrogens with zero attached hydrogens (tertiary/aromatic N) is 2.